The second-order valence-electron chi connectivity index (χ2n) is 10.6. The molecule has 10 nitrogen and oxygen atoms in total. The number of carbonyl (C=O) groups excluding carboxylic acids is 2. The van der Waals surface area contributed by atoms with Gasteiger partial charge in [-0.2, -0.15) is 0 Å². The zero-order chi connectivity index (χ0) is 30.2. The summed E-state index contributed by atoms with van der Waals surface area (Å²) in [5.74, 6) is 1.03. The number of β-amino-alcohol motifs (C(OH)–C–C–N with tert-alkyl or cyclic N) is 1. The third kappa shape index (κ3) is 7.54. The summed E-state index contributed by atoms with van der Waals surface area (Å²) in [6, 6.07) is 22.7. The van der Waals surface area contributed by atoms with Gasteiger partial charge in [0.25, 0.3) is 11.8 Å². The highest BCUT2D eigenvalue weighted by Crippen LogP contribution is 2.35. The Hall–Kier alpha value is -4.80. The fourth-order valence-corrected chi connectivity index (χ4v) is 5.02. The summed E-state index contributed by atoms with van der Waals surface area (Å²) < 4.78 is 12.5. The average Bonchev–Trinajstić information content (AvgIpc) is 3.02. The molecule has 10 heteroatoms. The van der Waals surface area contributed by atoms with Crippen molar-refractivity contribution < 1.29 is 24.2 Å². The largest absolute Gasteiger partial charge is 0.486 e. The van der Waals surface area contributed by atoms with E-state index in [9.17, 15) is 14.7 Å². The van der Waals surface area contributed by atoms with E-state index in [1.54, 1.807) is 23.1 Å². The fourth-order valence-electron chi connectivity index (χ4n) is 5.02. The molecule has 1 aromatic heterocycles. The minimum absolute atomic E-state index is 0.0727. The molecule has 1 aliphatic heterocycles. The standard InChI is InChI=1S/C33H35N5O5/c1-23-20-38(17-18-39)33(41)27-9-6-10-28(36-32(40)29-19-34-15-16-35-29)31(27)43-30(23)22-37(2)21-24-11-13-26(14-12-24)42-25-7-4-3-5-8-25/h3-16,19,23,30,39H,17-18,20-22H2,1-2H3,(H,36,40). The van der Waals surface area contributed by atoms with Gasteiger partial charge in [0.05, 0.1) is 24.1 Å². The van der Waals surface area contributed by atoms with E-state index in [1.807, 2.05) is 68.6 Å². The molecule has 4 aromatic rings. The van der Waals surface area contributed by atoms with E-state index in [0.29, 0.717) is 36.6 Å². The number of likely N-dealkylation sites (N-methyl/N-ethyl adjacent to an activating group) is 1. The van der Waals surface area contributed by atoms with Gasteiger partial charge >= 0.3 is 0 Å². The number of rotatable bonds is 10. The minimum Gasteiger partial charge on any atom is -0.486 e. The second-order valence-corrected chi connectivity index (χ2v) is 10.6. The molecule has 0 saturated heterocycles. The van der Waals surface area contributed by atoms with Gasteiger partial charge in [0.1, 0.15) is 23.3 Å². The van der Waals surface area contributed by atoms with E-state index in [-0.39, 0.29) is 36.8 Å². The van der Waals surface area contributed by atoms with Crippen molar-refractivity contribution >= 4 is 17.5 Å². The Morgan fingerprint density at radius 2 is 1.84 bits per heavy atom. The lowest BCUT2D eigenvalue weighted by Crippen LogP contribution is -2.47. The Bertz CT molecular complexity index is 1520. The Kier molecular flexibility index (Phi) is 9.60. The number of hydrogen-bond acceptors (Lipinski definition) is 8. The first kappa shape index (κ1) is 29.7. The van der Waals surface area contributed by atoms with Crippen LogP contribution in [0.15, 0.2) is 91.4 Å². The van der Waals surface area contributed by atoms with Crippen molar-refractivity contribution in [1.29, 1.82) is 0 Å². The van der Waals surface area contributed by atoms with Crippen molar-refractivity contribution in [3.63, 3.8) is 0 Å². The van der Waals surface area contributed by atoms with E-state index in [0.717, 1.165) is 17.1 Å². The fraction of sp³-hybridized carbons (Fsp3) is 0.273. The van der Waals surface area contributed by atoms with E-state index < -0.39 is 5.91 Å². The molecule has 2 atom stereocenters. The van der Waals surface area contributed by atoms with Crippen LogP contribution >= 0.6 is 0 Å². The van der Waals surface area contributed by atoms with Gasteiger partial charge in [-0.25, -0.2) is 4.98 Å². The first-order valence-corrected chi connectivity index (χ1v) is 14.2. The molecule has 2 N–H and O–H groups in total. The summed E-state index contributed by atoms with van der Waals surface area (Å²) in [6.07, 6.45) is 3.97. The molecule has 0 aliphatic carbocycles. The Morgan fingerprint density at radius 1 is 1.07 bits per heavy atom. The molecule has 5 rings (SSSR count). The highest BCUT2D eigenvalue weighted by atomic mass is 16.5. The maximum Gasteiger partial charge on any atom is 0.275 e. The van der Waals surface area contributed by atoms with Crippen LogP contribution in [-0.2, 0) is 6.54 Å². The summed E-state index contributed by atoms with van der Waals surface area (Å²) in [7, 11) is 2.02. The Morgan fingerprint density at radius 3 is 2.56 bits per heavy atom. The lowest BCUT2D eigenvalue weighted by atomic mass is 10.00. The molecule has 2 heterocycles. The summed E-state index contributed by atoms with van der Waals surface area (Å²) in [4.78, 5) is 38.3. The third-order valence-corrected chi connectivity index (χ3v) is 7.21. The van der Waals surface area contributed by atoms with Gasteiger partial charge in [-0.05, 0) is 49.0 Å². The number of carbonyl (C=O) groups is 2. The zero-order valence-electron chi connectivity index (χ0n) is 24.2. The zero-order valence-corrected chi connectivity index (χ0v) is 24.2. The molecule has 0 saturated carbocycles. The third-order valence-electron chi connectivity index (χ3n) is 7.21. The number of nitrogens with zero attached hydrogens (tertiary/aromatic N) is 4. The predicted molar refractivity (Wildman–Crippen MR) is 162 cm³/mol. The van der Waals surface area contributed by atoms with Crippen LogP contribution in [0.3, 0.4) is 0 Å². The van der Waals surface area contributed by atoms with Crippen LogP contribution in [0.25, 0.3) is 0 Å². The topological polar surface area (TPSA) is 117 Å². The first-order chi connectivity index (χ1) is 20.9. The number of aliphatic hydroxyl groups is 1. The van der Waals surface area contributed by atoms with Crippen molar-refractivity contribution in [3.05, 3.63) is 108 Å². The van der Waals surface area contributed by atoms with Gasteiger partial charge in [-0.15, -0.1) is 0 Å². The van der Waals surface area contributed by atoms with Crippen LogP contribution in [0, 0.1) is 5.92 Å². The minimum atomic E-state index is -0.465. The molecular formula is C33H35N5O5. The normalized spacial score (nSPS) is 16.6. The highest BCUT2D eigenvalue weighted by Gasteiger charge is 2.33. The maximum atomic E-state index is 13.5. The van der Waals surface area contributed by atoms with Crippen LogP contribution in [0.5, 0.6) is 17.2 Å². The van der Waals surface area contributed by atoms with Crippen LogP contribution < -0.4 is 14.8 Å². The van der Waals surface area contributed by atoms with Gasteiger partial charge < -0.3 is 24.8 Å². The van der Waals surface area contributed by atoms with Crippen LogP contribution in [0.1, 0.15) is 33.3 Å². The van der Waals surface area contributed by atoms with Gasteiger partial charge in [0.2, 0.25) is 0 Å². The molecular weight excluding hydrogens is 546 g/mol. The summed E-state index contributed by atoms with van der Waals surface area (Å²) in [5.41, 5.74) is 1.93. The van der Waals surface area contributed by atoms with Gasteiger partial charge in [-0.3, -0.25) is 19.5 Å². The first-order valence-electron chi connectivity index (χ1n) is 14.2. The van der Waals surface area contributed by atoms with Crippen molar-refractivity contribution in [3.8, 4) is 17.2 Å². The van der Waals surface area contributed by atoms with Crippen molar-refractivity contribution in [2.24, 2.45) is 5.92 Å². The lowest BCUT2D eigenvalue weighted by molar-refractivity contribution is 0.0459. The SMILES string of the molecule is CC1CN(CCO)C(=O)c2cccc(NC(=O)c3cnccn3)c2OC1CN(C)Cc1ccc(Oc2ccccc2)cc1. The number of benzene rings is 3. The highest BCUT2D eigenvalue weighted by molar-refractivity contribution is 6.06. The molecule has 2 amide bonds. The monoisotopic (exact) mass is 581 g/mol. The molecule has 0 spiro atoms. The number of aromatic nitrogens is 2. The number of hydrogen-bond donors (Lipinski definition) is 2. The van der Waals surface area contributed by atoms with Gasteiger partial charge in [-0.1, -0.05) is 43.3 Å². The van der Waals surface area contributed by atoms with Crippen molar-refractivity contribution in [2.45, 2.75) is 19.6 Å². The predicted octanol–water partition coefficient (Wildman–Crippen LogP) is 4.48. The van der Waals surface area contributed by atoms with E-state index in [2.05, 4.69) is 20.2 Å². The van der Waals surface area contributed by atoms with Gasteiger partial charge in [0.15, 0.2) is 5.75 Å². The number of para-hydroxylation sites is 2. The molecule has 2 unspecified atom stereocenters. The van der Waals surface area contributed by atoms with Crippen LogP contribution in [0.2, 0.25) is 0 Å². The molecule has 43 heavy (non-hydrogen) atoms. The van der Waals surface area contributed by atoms with Crippen LogP contribution in [-0.4, -0.2) is 76.1 Å². The summed E-state index contributed by atoms with van der Waals surface area (Å²) in [6.45, 7) is 3.69. The lowest BCUT2D eigenvalue weighted by Gasteiger charge is -2.36. The number of amides is 2. The Balaban J connectivity index is 1.34. The number of fused-ring (bicyclic) bond motifs is 1. The molecule has 222 valence electrons. The summed E-state index contributed by atoms with van der Waals surface area (Å²) >= 11 is 0. The number of anilines is 1. The molecule has 0 bridgehead atoms. The van der Waals surface area contributed by atoms with Crippen molar-refractivity contribution in [1.82, 2.24) is 19.8 Å². The molecule has 3 aromatic carbocycles. The summed E-state index contributed by atoms with van der Waals surface area (Å²) in [5, 5.41) is 12.5. The van der Waals surface area contributed by atoms with Gasteiger partial charge in [0, 0.05) is 44.5 Å². The molecule has 0 fully saturated rings. The van der Waals surface area contributed by atoms with E-state index in [1.165, 1.54) is 18.6 Å². The van der Waals surface area contributed by atoms with Crippen LogP contribution in [0.4, 0.5) is 5.69 Å². The van der Waals surface area contributed by atoms with E-state index >= 15 is 0 Å². The second kappa shape index (κ2) is 13.9. The molecule has 1 aliphatic rings. The molecule has 0 radical (unpaired) electrons. The Labute approximate surface area is 250 Å². The van der Waals surface area contributed by atoms with Crippen molar-refractivity contribution in [2.75, 3.05) is 38.6 Å². The van der Waals surface area contributed by atoms with E-state index in [4.69, 9.17) is 9.47 Å². The average molecular weight is 582 g/mol. The number of aliphatic hydroxyl groups excluding tert-OH is 1. The maximum absolute atomic E-state index is 13.5. The smallest absolute Gasteiger partial charge is 0.275 e. The number of nitrogens with one attached hydrogen (secondary N) is 1. The quantitative estimate of drug-likeness (QED) is 0.282. The number of ether oxygens (including phenoxy) is 2.